The molecule has 4 rings (SSSR count). The van der Waals surface area contributed by atoms with E-state index in [1.165, 1.54) is 0 Å². The number of benzene rings is 1. The van der Waals surface area contributed by atoms with Gasteiger partial charge >= 0.3 is 0 Å². The number of anilines is 2. The standard InChI is InChI=1S/C24H32ClN5O2/c1-15(2)21-12-28-23(30-21)22-20(26-10-16-5-7-17(25)8-6-16)9-18(11-27-22)29-19-13-31-24(3,4)32-14-19/h5-9,11,15,19,21,26,29H,10,12-14H2,1-4H3,(H,28,30). The fraction of sp³-hybridized carbons (Fsp3) is 0.500. The molecular weight excluding hydrogens is 426 g/mol. The molecule has 2 aliphatic rings. The van der Waals surface area contributed by atoms with E-state index < -0.39 is 5.79 Å². The van der Waals surface area contributed by atoms with Crippen LogP contribution >= 0.6 is 11.6 Å². The third kappa shape index (κ3) is 5.71. The average molecular weight is 458 g/mol. The van der Waals surface area contributed by atoms with Crippen LogP contribution in [0.1, 0.15) is 39.0 Å². The summed E-state index contributed by atoms with van der Waals surface area (Å²) in [6.07, 6.45) is 1.84. The number of hydrogen-bond acceptors (Lipinski definition) is 7. The van der Waals surface area contributed by atoms with Gasteiger partial charge < -0.3 is 25.4 Å². The summed E-state index contributed by atoms with van der Waals surface area (Å²) in [6.45, 7) is 10.8. The summed E-state index contributed by atoms with van der Waals surface area (Å²) >= 11 is 6.03. The third-order valence-corrected chi connectivity index (χ3v) is 5.97. The first-order chi connectivity index (χ1) is 15.3. The first-order valence-electron chi connectivity index (χ1n) is 11.1. The summed E-state index contributed by atoms with van der Waals surface area (Å²) in [5.74, 6) is 0.795. The van der Waals surface area contributed by atoms with Crippen molar-refractivity contribution in [3.63, 3.8) is 0 Å². The lowest BCUT2D eigenvalue weighted by Gasteiger charge is -2.35. The quantitative estimate of drug-likeness (QED) is 0.575. The zero-order valence-electron chi connectivity index (χ0n) is 19.1. The van der Waals surface area contributed by atoms with Gasteiger partial charge in [0.1, 0.15) is 11.5 Å². The van der Waals surface area contributed by atoms with Crippen LogP contribution in [-0.2, 0) is 16.0 Å². The van der Waals surface area contributed by atoms with Crippen molar-refractivity contribution in [2.24, 2.45) is 10.9 Å². The zero-order valence-corrected chi connectivity index (χ0v) is 19.9. The molecule has 0 radical (unpaired) electrons. The number of rotatable bonds is 7. The molecular formula is C24H32ClN5O2. The third-order valence-electron chi connectivity index (χ3n) is 5.72. The molecule has 1 atom stereocenters. The molecule has 172 valence electrons. The highest BCUT2D eigenvalue weighted by atomic mass is 35.5. The van der Waals surface area contributed by atoms with E-state index in [1.54, 1.807) is 0 Å². The molecule has 1 saturated heterocycles. The topological polar surface area (TPSA) is 79.8 Å². The molecule has 2 aromatic rings. The molecule has 1 aromatic heterocycles. The Bertz CT molecular complexity index is 951. The van der Waals surface area contributed by atoms with E-state index in [-0.39, 0.29) is 6.04 Å². The molecule has 0 amide bonds. The van der Waals surface area contributed by atoms with Gasteiger partial charge in [-0.1, -0.05) is 37.6 Å². The summed E-state index contributed by atoms with van der Waals surface area (Å²) in [5, 5.41) is 11.3. The molecule has 0 aliphatic carbocycles. The maximum absolute atomic E-state index is 6.03. The fourth-order valence-corrected chi connectivity index (χ4v) is 3.78. The van der Waals surface area contributed by atoms with Crippen LogP contribution in [0.4, 0.5) is 11.4 Å². The zero-order chi connectivity index (χ0) is 22.7. The number of aliphatic imine (C=N–C) groups is 1. The Labute approximate surface area is 195 Å². The minimum absolute atomic E-state index is 0.0621. The Morgan fingerprint density at radius 2 is 1.91 bits per heavy atom. The predicted octanol–water partition coefficient (Wildman–Crippen LogP) is 4.28. The molecule has 32 heavy (non-hydrogen) atoms. The Hall–Kier alpha value is -2.35. The van der Waals surface area contributed by atoms with E-state index in [0.717, 1.165) is 40.0 Å². The van der Waals surface area contributed by atoms with Crippen molar-refractivity contribution >= 4 is 28.8 Å². The van der Waals surface area contributed by atoms with E-state index in [4.69, 9.17) is 31.1 Å². The second-order valence-electron chi connectivity index (χ2n) is 9.15. The second-order valence-corrected chi connectivity index (χ2v) is 9.58. The van der Waals surface area contributed by atoms with Gasteiger partial charge in [0.05, 0.1) is 43.4 Å². The summed E-state index contributed by atoms with van der Waals surface area (Å²) in [5.41, 5.74) is 3.78. The van der Waals surface area contributed by atoms with Gasteiger partial charge in [-0.05, 0) is 43.5 Å². The lowest BCUT2D eigenvalue weighted by atomic mass is 10.1. The largest absolute Gasteiger partial charge is 0.379 e. The number of ether oxygens (including phenoxy) is 2. The van der Waals surface area contributed by atoms with Gasteiger partial charge in [-0.3, -0.25) is 4.99 Å². The van der Waals surface area contributed by atoms with Crippen LogP contribution in [0.2, 0.25) is 5.02 Å². The maximum Gasteiger partial charge on any atom is 0.162 e. The summed E-state index contributed by atoms with van der Waals surface area (Å²) in [7, 11) is 0. The molecule has 1 fully saturated rings. The van der Waals surface area contributed by atoms with E-state index in [2.05, 4.69) is 35.9 Å². The van der Waals surface area contributed by atoms with Crippen molar-refractivity contribution < 1.29 is 9.47 Å². The van der Waals surface area contributed by atoms with Crippen molar-refractivity contribution in [1.82, 2.24) is 10.3 Å². The van der Waals surface area contributed by atoms with E-state index in [1.807, 2.05) is 44.3 Å². The number of halogens is 1. The van der Waals surface area contributed by atoms with Crippen LogP contribution in [0, 0.1) is 5.92 Å². The SMILES string of the molecule is CC(C)C1CN=C(c2ncc(NC3COC(C)(C)OC3)cc2NCc2ccc(Cl)cc2)N1. The van der Waals surface area contributed by atoms with Crippen LogP contribution in [0.3, 0.4) is 0 Å². The lowest BCUT2D eigenvalue weighted by molar-refractivity contribution is -0.247. The van der Waals surface area contributed by atoms with Crippen LogP contribution in [-0.4, -0.2) is 48.4 Å². The minimum Gasteiger partial charge on any atom is -0.379 e. The van der Waals surface area contributed by atoms with Crippen molar-refractivity contribution in [2.45, 2.75) is 52.1 Å². The maximum atomic E-state index is 6.03. The Kier molecular flexibility index (Phi) is 6.88. The fourth-order valence-electron chi connectivity index (χ4n) is 3.66. The molecule has 1 aromatic carbocycles. The molecule has 0 saturated carbocycles. The molecule has 3 N–H and O–H groups in total. The molecule has 1 unspecified atom stereocenters. The summed E-state index contributed by atoms with van der Waals surface area (Å²) in [4.78, 5) is 9.48. The van der Waals surface area contributed by atoms with Gasteiger partial charge in [0.2, 0.25) is 0 Å². The van der Waals surface area contributed by atoms with Gasteiger partial charge in [0.25, 0.3) is 0 Å². The van der Waals surface area contributed by atoms with Crippen LogP contribution in [0.25, 0.3) is 0 Å². The molecule has 3 heterocycles. The number of nitrogens with one attached hydrogen (secondary N) is 3. The van der Waals surface area contributed by atoms with E-state index in [0.29, 0.717) is 31.7 Å². The number of pyridine rings is 1. The monoisotopic (exact) mass is 457 g/mol. The molecule has 0 spiro atoms. The highest BCUT2D eigenvalue weighted by Crippen LogP contribution is 2.25. The minimum atomic E-state index is -0.537. The molecule has 0 bridgehead atoms. The molecule has 2 aliphatic heterocycles. The van der Waals surface area contributed by atoms with Crippen molar-refractivity contribution in [1.29, 1.82) is 0 Å². The number of amidine groups is 1. The highest BCUT2D eigenvalue weighted by Gasteiger charge is 2.29. The van der Waals surface area contributed by atoms with Gasteiger partial charge in [-0.15, -0.1) is 0 Å². The lowest BCUT2D eigenvalue weighted by Crippen LogP contribution is -2.45. The average Bonchev–Trinajstić information content (AvgIpc) is 3.25. The number of nitrogens with zero attached hydrogens (tertiary/aromatic N) is 2. The smallest absolute Gasteiger partial charge is 0.162 e. The van der Waals surface area contributed by atoms with Crippen LogP contribution in [0.15, 0.2) is 41.5 Å². The van der Waals surface area contributed by atoms with E-state index >= 15 is 0 Å². The predicted molar refractivity (Wildman–Crippen MR) is 130 cm³/mol. The number of hydrogen-bond donors (Lipinski definition) is 3. The van der Waals surface area contributed by atoms with E-state index in [9.17, 15) is 0 Å². The van der Waals surface area contributed by atoms with Crippen molar-refractivity contribution in [3.05, 3.63) is 52.8 Å². The first kappa shape index (κ1) is 22.8. The van der Waals surface area contributed by atoms with Gasteiger partial charge in [-0.25, -0.2) is 4.98 Å². The summed E-state index contributed by atoms with van der Waals surface area (Å²) in [6, 6.07) is 10.3. The van der Waals surface area contributed by atoms with Crippen molar-refractivity contribution in [3.8, 4) is 0 Å². The van der Waals surface area contributed by atoms with Crippen LogP contribution in [0.5, 0.6) is 0 Å². The normalized spacial score (nSPS) is 20.7. The Morgan fingerprint density at radius 3 is 2.56 bits per heavy atom. The van der Waals surface area contributed by atoms with Gasteiger partial charge in [-0.2, -0.15) is 0 Å². The second kappa shape index (κ2) is 9.65. The Balaban J connectivity index is 1.52. The van der Waals surface area contributed by atoms with Gasteiger partial charge in [0, 0.05) is 17.6 Å². The Morgan fingerprint density at radius 1 is 1.19 bits per heavy atom. The highest BCUT2D eigenvalue weighted by molar-refractivity contribution is 6.30. The first-order valence-corrected chi connectivity index (χ1v) is 11.5. The van der Waals surface area contributed by atoms with Crippen molar-refractivity contribution in [2.75, 3.05) is 30.4 Å². The van der Waals surface area contributed by atoms with Crippen LogP contribution < -0.4 is 16.0 Å². The summed E-state index contributed by atoms with van der Waals surface area (Å²) < 4.78 is 11.5. The number of aromatic nitrogens is 1. The van der Waals surface area contributed by atoms with Gasteiger partial charge in [0.15, 0.2) is 5.79 Å². The molecule has 7 nitrogen and oxygen atoms in total. The molecule has 8 heteroatoms.